The lowest BCUT2D eigenvalue weighted by Crippen LogP contribution is -2.25. The second-order valence-electron chi connectivity index (χ2n) is 7.41. The molecule has 30 heavy (non-hydrogen) atoms. The van der Waals surface area contributed by atoms with E-state index in [2.05, 4.69) is 20.1 Å². The van der Waals surface area contributed by atoms with E-state index in [0.717, 1.165) is 17.0 Å². The van der Waals surface area contributed by atoms with Gasteiger partial charge in [-0.15, -0.1) is 0 Å². The summed E-state index contributed by atoms with van der Waals surface area (Å²) in [5.74, 6) is -0.457. The minimum absolute atomic E-state index is 0.0998. The number of carbonyl (C=O) groups excluding carboxylic acids is 3. The minimum atomic E-state index is -0.966. The summed E-state index contributed by atoms with van der Waals surface area (Å²) in [7, 11) is 0. The predicted octanol–water partition coefficient (Wildman–Crippen LogP) is 2.64. The number of ketones is 2. The van der Waals surface area contributed by atoms with Gasteiger partial charge in [-0.25, -0.2) is 9.50 Å². The number of esters is 1. The monoisotopic (exact) mass is 411 g/mol. The molecular weight excluding hydrogens is 386 g/mol. The Morgan fingerprint density at radius 2 is 1.90 bits per heavy atom. The van der Waals surface area contributed by atoms with E-state index in [1.54, 1.807) is 18.4 Å². The van der Waals surface area contributed by atoms with Crippen molar-refractivity contribution in [3.05, 3.63) is 45.8 Å². The zero-order valence-corrected chi connectivity index (χ0v) is 18.0. The molecule has 3 aromatic heterocycles. The van der Waals surface area contributed by atoms with Gasteiger partial charge in [-0.1, -0.05) is 0 Å². The first kappa shape index (κ1) is 21.4. The van der Waals surface area contributed by atoms with Gasteiger partial charge in [0.2, 0.25) is 5.78 Å². The molecule has 0 bridgehead atoms. The third-order valence-corrected chi connectivity index (χ3v) is 5.28. The van der Waals surface area contributed by atoms with Crippen molar-refractivity contribution >= 4 is 23.3 Å². The summed E-state index contributed by atoms with van der Waals surface area (Å²) < 4.78 is 6.98. The quantitative estimate of drug-likeness (QED) is 0.469. The molecule has 3 aromatic rings. The van der Waals surface area contributed by atoms with Crippen LogP contribution in [0.5, 0.6) is 0 Å². The molecule has 0 aliphatic rings. The SMILES string of the molecule is CC(=O)c1c(C)[nH]c(C(=O)[C@@H](C)OC(=O)CCc2c(C)nc3ncnn3c2C)c1C. The number of hydrogen-bond acceptors (Lipinski definition) is 7. The van der Waals surface area contributed by atoms with Crippen LogP contribution in [-0.2, 0) is 16.0 Å². The molecular formula is C21H25N5O4. The normalized spacial score (nSPS) is 12.2. The summed E-state index contributed by atoms with van der Waals surface area (Å²) in [4.78, 5) is 48.3. The molecule has 9 heteroatoms. The van der Waals surface area contributed by atoms with Crippen LogP contribution in [0.3, 0.4) is 0 Å². The largest absolute Gasteiger partial charge is 0.454 e. The number of hydrogen-bond donors (Lipinski definition) is 1. The van der Waals surface area contributed by atoms with Gasteiger partial charge in [0, 0.05) is 29.1 Å². The second-order valence-corrected chi connectivity index (χ2v) is 7.41. The molecule has 1 N–H and O–H groups in total. The van der Waals surface area contributed by atoms with Crippen LogP contribution in [0.15, 0.2) is 6.33 Å². The van der Waals surface area contributed by atoms with E-state index < -0.39 is 12.1 Å². The molecule has 9 nitrogen and oxygen atoms in total. The van der Waals surface area contributed by atoms with Gasteiger partial charge < -0.3 is 9.72 Å². The van der Waals surface area contributed by atoms with E-state index in [0.29, 0.717) is 34.7 Å². The summed E-state index contributed by atoms with van der Waals surface area (Å²) in [5, 5.41) is 4.14. The van der Waals surface area contributed by atoms with E-state index in [4.69, 9.17) is 4.74 Å². The van der Waals surface area contributed by atoms with Crippen LogP contribution in [0.1, 0.15) is 69.3 Å². The van der Waals surface area contributed by atoms with Crippen molar-refractivity contribution in [2.45, 2.75) is 60.5 Å². The van der Waals surface area contributed by atoms with E-state index in [9.17, 15) is 14.4 Å². The van der Waals surface area contributed by atoms with Crippen molar-refractivity contribution in [1.29, 1.82) is 0 Å². The number of aromatic amines is 1. The fourth-order valence-electron chi connectivity index (χ4n) is 3.78. The van der Waals surface area contributed by atoms with E-state index in [1.807, 2.05) is 13.8 Å². The molecule has 0 spiro atoms. The van der Waals surface area contributed by atoms with Crippen molar-refractivity contribution in [3.63, 3.8) is 0 Å². The Bertz CT molecular complexity index is 1160. The van der Waals surface area contributed by atoms with Crippen molar-refractivity contribution in [1.82, 2.24) is 24.6 Å². The number of H-pyrrole nitrogens is 1. The summed E-state index contributed by atoms with van der Waals surface area (Å²) in [5.41, 5.74) is 4.53. The van der Waals surface area contributed by atoms with Gasteiger partial charge in [0.25, 0.3) is 5.78 Å². The molecule has 3 rings (SSSR count). The van der Waals surface area contributed by atoms with E-state index in [-0.39, 0.29) is 18.0 Å². The highest BCUT2D eigenvalue weighted by atomic mass is 16.5. The average molecular weight is 411 g/mol. The molecule has 0 aliphatic carbocycles. The Kier molecular flexibility index (Phi) is 5.82. The Morgan fingerprint density at radius 3 is 2.53 bits per heavy atom. The predicted molar refractivity (Wildman–Crippen MR) is 109 cm³/mol. The molecule has 158 valence electrons. The minimum Gasteiger partial charge on any atom is -0.454 e. The van der Waals surface area contributed by atoms with Crippen LogP contribution in [0.4, 0.5) is 0 Å². The molecule has 0 fully saturated rings. The highest BCUT2D eigenvalue weighted by Crippen LogP contribution is 2.21. The van der Waals surface area contributed by atoms with Crippen molar-refractivity contribution < 1.29 is 19.1 Å². The number of aromatic nitrogens is 5. The smallest absolute Gasteiger partial charge is 0.306 e. The Balaban J connectivity index is 1.67. The molecule has 0 aliphatic heterocycles. The number of carbonyl (C=O) groups is 3. The number of rotatable bonds is 7. The van der Waals surface area contributed by atoms with Crippen LogP contribution < -0.4 is 0 Å². The number of fused-ring (bicyclic) bond motifs is 1. The van der Waals surface area contributed by atoms with Gasteiger partial charge in [0.1, 0.15) is 6.33 Å². The Hall–Kier alpha value is -3.36. The lowest BCUT2D eigenvalue weighted by atomic mass is 10.0. The molecule has 0 saturated carbocycles. The number of nitrogens with zero attached hydrogens (tertiary/aromatic N) is 4. The zero-order chi connectivity index (χ0) is 22.2. The van der Waals surface area contributed by atoms with Gasteiger partial charge >= 0.3 is 5.97 Å². The number of Topliss-reactive ketones (excluding diaryl/α,β-unsaturated/α-hetero) is 2. The first-order chi connectivity index (χ1) is 14.1. The molecule has 0 radical (unpaired) electrons. The number of aryl methyl sites for hydroxylation is 3. The third kappa shape index (κ3) is 3.87. The molecule has 1 atom stereocenters. The fraction of sp³-hybridized carbons (Fsp3) is 0.429. The van der Waals surface area contributed by atoms with Crippen LogP contribution in [0.25, 0.3) is 5.78 Å². The topological polar surface area (TPSA) is 119 Å². The maximum atomic E-state index is 12.7. The lowest BCUT2D eigenvalue weighted by Gasteiger charge is -2.13. The Labute approximate surface area is 173 Å². The van der Waals surface area contributed by atoms with Crippen LogP contribution in [0.2, 0.25) is 0 Å². The highest BCUT2D eigenvalue weighted by molar-refractivity contribution is 6.05. The third-order valence-electron chi connectivity index (χ3n) is 5.28. The maximum absolute atomic E-state index is 12.7. The number of ether oxygens (including phenoxy) is 1. The first-order valence-corrected chi connectivity index (χ1v) is 9.71. The fourth-order valence-corrected chi connectivity index (χ4v) is 3.78. The maximum Gasteiger partial charge on any atom is 0.306 e. The standard InChI is InChI=1S/C21H25N5O4/c1-10-18(14(5)27)12(3)24-19(10)20(29)15(6)30-17(28)8-7-16-11(2)25-21-22-9-23-26(21)13(16)4/h9,15,24H,7-8H2,1-6H3/t15-/m1/s1. The molecule has 0 aromatic carbocycles. The van der Waals surface area contributed by atoms with Gasteiger partial charge in [-0.2, -0.15) is 10.1 Å². The van der Waals surface area contributed by atoms with Gasteiger partial charge in [-0.3, -0.25) is 14.4 Å². The van der Waals surface area contributed by atoms with Crippen molar-refractivity contribution in [2.75, 3.05) is 0 Å². The summed E-state index contributed by atoms with van der Waals surface area (Å²) in [6.07, 6.45) is 0.979. The molecule has 0 unspecified atom stereocenters. The second kappa shape index (κ2) is 8.17. The summed E-state index contributed by atoms with van der Waals surface area (Å²) in [6.45, 7) is 10.2. The molecule has 3 heterocycles. The van der Waals surface area contributed by atoms with E-state index in [1.165, 1.54) is 20.2 Å². The first-order valence-electron chi connectivity index (χ1n) is 9.71. The van der Waals surface area contributed by atoms with Gasteiger partial charge in [0.05, 0.1) is 5.69 Å². The number of nitrogens with one attached hydrogen (secondary N) is 1. The van der Waals surface area contributed by atoms with Gasteiger partial charge in [0.15, 0.2) is 11.9 Å². The van der Waals surface area contributed by atoms with Gasteiger partial charge in [-0.05, 0) is 59.1 Å². The van der Waals surface area contributed by atoms with Crippen LogP contribution in [-0.4, -0.2) is 48.2 Å². The molecule has 0 amide bonds. The summed E-state index contributed by atoms with van der Waals surface area (Å²) >= 11 is 0. The van der Waals surface area contributed by atoms with Crippen molar-refractivity contribution in [2.24, 2.45) is 0 Å². The lowest BCUT2D eigenvalue weighted by molar-refractivity contribution is -0.146. The van der Waals surface area contributed by atoms with Crippen molar-refractivity contribution in [3.8, 4) is 0 Å². The molecule has 0 saturated heterocycles. The average Bonchev–Trinajstić information content (AvgIpc) is 3.24. The highest BCUT2D eigenvalue weighted by Gasteiger charge is 2.26. The van der Waals surface area contributed by atoms with E-state index >= 15 is 0 Å². The zero-order valence-electron chi connectivity index (χ0n) is 18.0. The summed E-state index contributed by atoms with van der Waals surface area (Å²) in [6, 6.07) is 0. The van der Waals surface area contributed by atoms with Crippen LogP contribution in [0, 0.1) is 27.7 Å². The Morgan fingerprint density at radius 1 is 1.20 bits per heavy atom. The van der Waals surface area contributed by atoms with Crippen LogP contribution >= 0.6 is 0 Å².